The van der Waals surface area contributed by atoms with E-state index < -0.39 is 0 Å². The van der Waals surface area contributed by atoms with Crippen LogP contribution in [-0.4, -0.2) is 11.1 Å². The summed E-state index contributed by atoms with van der Waals surface area (Å²) in [4.78, 5) is 4.28. The zero-order valence-electron chi connectivity index (χ0n) is 11.2. The molecule has 2 rings (SSSR count). The van der Waals surface area contributed by atoms with Crippen LogP contribution < -0.4 is 10.5 Å². The SMILES string of the molecule is CC(C)CC(C)Oc1ccc2ncccc2c1N. The molecule has 0 bridgehead atoms. The average molecular weight is 244 g/mol. The summed E-state index contributed by atoms with van der Waals surface area (Å²) < 4.78 is 5.91. The number of hydrogen-bond acceptors (Lipinski definition) is 3. The number of hydrogen-bond donors (Lipinski definition) is 1. The van der Waals surface area contributed by atoms with E-state index in [4.69, 9.17) is 10.5 Å². The number of aromatic nitrogens is 1. The van der Waals surface area contributed by atoms with Crippen molar-refractivity contribution in [3.05, 3.63) is 30.5 Å². The molecule has 3 nitrogen and oxygen atoms in total. The highest BCUT2D eigenvalue weighted by molar-refractivity contribution is 5.93. The van der Waals surface area contributed by atoms with Crippen LogP contribution in [0.5, 0.6) is 5.75 Å². The summed E-state index contributed by atoms with van der Waals surface area (Å²) in [5.74, 6) is 1.37. The molecule has 18 heavy (non-hydrogen) atoms. The number of fused-ring (bicyclic) bond motifs is 1. The third kappa shape index (κ3) is 2.73. The second-order valence-corrected chi connectivity index (χ2v) is 5.11. The van der Waals surface area contributed by atoms with Crippen molar-refractivity contribution in [2.75, 3.05) is 5.73 Å². The molecule has 1 atom stereocenters. The van der Waals surface area contributed by atoms with Crippen LogP contribution in [0.4, 0.5) is 5.69 Å². The van der Waals surface area contributed by atoms with E-state index in [2.05, 4.69) is 25.8 Å². The van der Waals surface area contributed by atoms with Gasteiger partial charge in [0, 0.05) is 11.6 Å². The molecule has 0 spiro atoms. The molecule has 0 saturated heterocycles. The predicted octanol–water partition coefficient (Wildman–Crippen LogP) is 3.63. The Labute approximate surface area is 108 Å². The van der Waals surface area contributed by atoms with Crippen molar-refractivity contribution in [3.8, 4) is 5.75 Å². The fraction of sp³-hybridized carbons (Fsp3) is 0.400. The van der Waals surface area contributed by atoms with Crippen molar-refractivity contribution >= 4 is 16.6 Å². The molecule has 1 unspecified atom stereocenters. The van der Waals surface area contributed by atoms with E-state index in [9.17, 15) is 0 Å². The topological polar surface area (TPSA) is 48.1 Å². The number of ether oxygens (including phenoxy) is 1. The molecular weight excluding hydrogens is 224 g/mol. The van der Waals surface area contributed by atoms with Gasteiger partial charge in [0.2, 0.25) is 0 Å². The smallest absolute Gasteiger partial charge is 0.143 e. The number of nitrogens with zero attached hydrogens (tertiary/aromatic N) is 1. The summed E-state index contributed by atoms with van der Waals surface area (Å²) in [5.41, 5.74) is 7.71. The van der Waals surface area contributed by atoms with Crippen molar-refractivity contribution in [2.45, 2.75) is 33.3 Å². The Morgan fingerprint density at radius 1 is 1.22 bits per heavy atom. The highest BCUT2D eigenvalue weighted by atomic mass is 16.5. The van der Waals surface area contributed by atoms with Crippen LogP contribution >= 0.6 is 0 Å². The maximum atomic E-state index is 6.13. The lowest BCUT2D eigenvalue weighted by Gasteiger charge is -2.18. The fourth-order valence-corrected chi connectivity index (χ4v) is 2.19. The molecule has 0 fully saturated rings. The molecule has 0 aliphatic carbocycles. The van der Waals surface area contributed by atoms with Crippen molar-refractivity contribution < 1.29 is 4.74 Å². The molecule has 1 aromatic heterocycles. The molecular formula is C15H20N2O. The van der Waals surface area contributed by atoms with Gasteiger partial charge in [0.1, 0.15) is 5.75 Å². The number of anilines is 1. The average Bonchev–Trinajstić information content (AvgIpc) is 2.32. The molecule has 0 saturated carbocycles. The van der Waals surface area contributed by atoms with Gasteiger partial charge in [-0.05, 0) is 43.5 Å². The number of benzene rings is 1. The first-order valence-corrected chi connectivity index (χ1v) is 6.37. The van der Waals surface area contributed by atoms with Gasteiger partial charge in [0.05, 0.1) is 17.3 Å². The van der Waals surface area contributed by atoms with Gasteiger partial charge in [-0.15, -0.1) is 0 Å². The van der Waals surface area contributed by atoms with Gasteiger partial charge in [-0.1, -0.05) is 13.8 Å². The van der Waals surface area contributed by atoms with Crippen molar-refractivity contribution in [3.63, 3.8) is 0 Å². The Balaban J connectivity index is 2.26. The number of nitrogens with two attached hydrogens (primary N) is 1. The summed E-state index contributed by atoms with van der Waals surface area (Å²) in [6.07, 6.45) is 2.95. The van der Waals surface area contributed by atoms with Gasteiger partial charge in [-0.3, -0.25) is 4.98 Å². The predicted molar refractivity (Wildman–Crippen MR) is 75.7 cm³/mol. The largest absolute Gasteiger partial charge is 0.489 e. The van der Waals surface area contributed by atoms with Gasteiger partial charge in [-0.25, -0.2) is 0 Å². The van der Waals surface area contributed by atoms with E-state index >= 15 is 0 Å². The number of pyridine rings is 1. The van der Waals surface area contributed by atoms with Gasteiger partial charge >= 0.3 is 0 Å². The molecule has 0 aliphatic heterocycles. The first-order chi connectivity index (χ1) is 8.58. The zero-order chi connectivity index (χ0) is 13.1. The summed E-state index contributed by atoms with van der Waals surface area (Å²) in [7, 11) is 0. The van der Waals surface area contributed by atoms with Crippen LogP contribution in [0.25, 0.3) is 10.9 Å². The number of rotatable bonds is 4. The highest BCUT2D eigenvalue weighted by Crippen LogP contribution is 2.30. The van der Waals surface area contributed by atoms with Crippen LogP contribution in [0, 0.1) is 5.92 Å². The molecule has 1 aromatic carbocycles. The summed E-state index contributed by atoms with van der Waals surface area (Å²) >= 11 is 0. The van der Waals surface area contributed by atoms with Crippen LogP contribution in [-0.2, 0) is 0 Å². The Hall–Kier alpha value is -1.77. The second-order valence-electron chi connectivity index (χ2n) is 5.11. The molecule has 0 amide bonds. The summed E-state index contributed by atoms with van der Waals surface area (Å²) in [6, 6.07) is 7.71. The first-order valence-electron chi connectivity index (χ1n) is 6.37. The lowest BCUT2D eigenvalue weighted by Crippen LogP contribution is -2.15. The van der Waals surface area contributed by atoms with Crippen molar-refractivity contribution in [2.24, 2.45) is 5.92 Å². The zero-order valence-corrected chi connectivity index (χ0v) is 11.2. The van der Waals surface area contributed by atoms with Gasteiger partial charge < -0.3 is 10.5 Å². The summed E-state index contributed by atoms with van der Waals surface area (Å²) in [5, 5.41) is 0.951. The minimum atomic E-state index is 0.168. The highest BCUT2D eigenvalue weighted by Gasteiger charge is 2.11. The lowest BCUT2D eigenvalue weighted by molar-refractivity contribution is 0.194. The van der Waals surface area contributed by atoms with Crippen LogP contribution in [0.1, 0.15) is 27.2 Å². The minimum Gasteiger partial charge on any atom is -0.489 e. The maximum Gasteiger partial charge on any atom is 0.143 e. The van der Waals surface area contributed by atoms with Gasteiger partial charge in [0.15, 0.2) is 0 Å². The van der Waals surface area contributed by atoms with E-state index in [1.165, 1.54) is 0 Å². The molecule has 2 N–H and O–H groups in total. The van der Waals surface area contributed by atoms with E-state index in [0.29, 0.717) is 11.6 Å². The monoisotopic (exact) mass is 244 g/mol. The Morgan fingerprint density at radius 3 is 2.72 bits per heavy atom. The molecule has 3 heteroatoms. The van der Waals surface area contributed by atoms with Crippen molar-refractivity contribution in [1.82, 2.24) is 4.98 Å². The quantitative estimate of drug-likeness (QED) is 0.835. The molecule has 1 heterocycles. The fourth-order valence-electron chi connectivity index (χ4n) is 2.19. The van der Waals surface area contributed by atoms with E-state index in [0.717, 1.165) is 23.1 Å². The third-order valence-electron chi connectivity index (χ3n) is 2.92. The molecule has 0 aliphatic rings. The minimum absolute atomic E-state index is 0.168. The van der Waals surface area contributed by atoms with Crippen LogP contribution in [0.15, 0.2) is 30.5 Å². The molecule has 0 radical (unpaired) electrons. The van der Waals surface area contributed by atoms with Crippen molar-refractivity contribution in [1.29, 1.82) is 0 Å². The molecule has 96 valence electrons. The molecule has 2 aromatic rings. The normalized spacial score (nSPS) is 12.9. The van der Waals surface area contributed by atoms with E-state index in [1.807, 2.05) is 24.3 Å². The van der Waals surface area contributed by atoms with E-state index in [1.54, 1.807) is 6.20 Å². The van der Waals surface area contributed by atoms with E-state index in [-0.39, 0.29) is 6.10 Å². The summed E-state index contributed by atoms with van der Waals surface area (Å²) in [6.45, 7) is 6.45. The first kappa shape index (κ1) is 12.7. The third-order valence-corrected chi connectivity index (χ3v) is 2.92. The Bertz CT molecular complexity index is 537. The Kier molecular flexibility index (Phi) is 3.70. The standard InChI is InChI=1S/C15H20N2O/c1-10(2)9-11(3)18-14-7-6-13-12(15(14)16)5-4-8-17-13/h4-8,10-11H,9,16H2,1-3H3. The van der Waals surface area contributed by atoms with Crippen LogP contribution in [0.2, 0.25) is 0 Å². The number of nitrogen functional groups attached to an aromatic ring is 1. The van der Waals surface area contributed by atoms with Gasteiger partial charge in [-0.2, -0.15) is 0 Å². The lowest BCUT2D eigenvalue weighted by atomic mass is 10.1. The Morgan fingerprint density at radius 2 is 2.00 bits per heavy atom. The van der Waals surface area contributed by atoms with Crippen LogP contribution in [0.3, 0.4) is 0 Å². The second kappa shape index (κ2) is 5.25. The van der Waals surface area contributed by atoms with Gasteiger partial charge in [0.25, 0.3) is 0 Å². The maximum absolute atomic E-state index is 6.13.